The smallest absolute Gasteiger partial charge is 0.285 e. The SMILES string of the molecule is CC(C)=C(F)C(=O)NC1=NCCS1. The van der Waals surface area contributed by atoms with Crippen molar-refractivity contribution in [2.45, 2.75) is 13.8 Å². The van der Waals surface area contributed by atoms with E-state index >= 15 is 0 Å². The Morgan fingerprint density at radius 2 is 2.31 bits per heavy atom. The lowest BCUT2D eigenvalue weighted by atomic mass is 10.3. The van der Waals surface area contributed by atoms with E-state index in [-0.39, 0.29) is 0 Å². The minimum Gasteiger partial charge on any atom is -0.299 e. The van der Waals surface area contributed by atoms with E-state index in [9.17, 15) is 9.18 Å². The van der Waals surface area contributed by atoms with Crippen LogP contribution >= 0.6 is 11.8 Å². The van der Waals surface area contributed by atoms with Crippen LogP contribution < -0.4 is 5.32 Å². The van der Waals surface area contributed by atoms with Crippen LogP contribution in [-0.4, -0.2) is 23.4 Å². The molecule has 0 aromatic rings. The molecule has 0 unspecified atom stereocenters. The van der Waals surface area contributed by atoms with Gasteiger partial charge in [-0.25, -0.2) is 4.39 Å². The van der Waals surface area contributed by atoms with Crippen LogP contribution in [0.25, 0.3) is 0 Å². The Morgan fingerprint density at radius 1 is 1.62 bits per heavy atom. The molecule has 0 fully saturated rings. The highest BCUT2D eigenvalue weighted by Crippen LogP contribution is 2.11. The minimum absolute atomic E-state index is 0.376. The number of carbonyl (C=O) groups is 1. The van der Waals surface area contributed by atoms with Gasteiger partial charge in [0.15, 0.2) is 11.0 Å². The third kappa shape index (κ3) is 2.84. The number of aliphatic imine (C=N–C) groups is 1. The van der Waals surface area contributed by atoms with Crippen molar-refractivity contribution >= 4 is 22.8 Å². The Hall–Kier alpha value is -0.840. The van der Waals surface area contributed by atoms with Gasteiger partial charge < -0.3 is 0 Å². The first-order chi connectivity index (χ1) is 6.11. The number of hydrogen-bond acceptors (Lipinski definition) is 3. The monoisotopic (exact) mass is 202 g/mol. The molecule has 0 radical (unpaired) electrons. The molecule has 0 atom stereocenters. The predicted molar refractivity (Wildman–Crippen MR) is 52.4 cm³/mol. The second-order valence-electron chi connectivity index (χ2n) is 2.80. The normalized spacial score (nSPS) is 15.2. The lowest BCUT2D eigenvalue weighted by molar-refractivity contribution is -0.117. The van der Waals surface area contributed by atoms with E-state index in [4.69, 9.17) is 0 Å². The zero-order valence-corrected chi connectivity index (χ0v) is 8.37. The standard InChI is InChI=1S/C8H11FN2OS/c1-5(2)6(9)7(12)11-8-10-3-4-13-8/h3-4H2,1-2H3,(H,10,11,12). The van der Waals surface area contributed by atoms with E-state index in [2.05, 4.69) is 10.3 Å². The maximum atomic E-state index is 13.0. The Labute approximate surface area is 80.5 Å². The lowest BCUT2D eigenvalue weighted by Crippen LogP contribution is -2.27. The fourth-order valence-corrected chi connectivity index (χ4v) is 1.51. The van der Waals surface area contributed by atoms with Crippen molar-refractivity contribution in [3.63, 3.8) is 0 Å². The number of amides is 1. The number of nitrogens with zero attached hydrogens (tertiary/aromatic N) is 1. The van der Waals surface area contributed by atoms with Crippen LogP contribution in [-0.2, 0) is 4.79 Å². The zero-order valence-electron chi connectivity index (χ0n) is 7.56. The van der Waals surface area contributed by atoms with Gasteiger partial charge in [-0.2, -0.15) is 0 Å². The Kier molecular flexibility index (Phi) is 3.48. The third-order valence-corrected chi connectivity index (χ3v) is 2.34. The molecule has 0 aliphatic carbocycles. The van der Waals surface area contributed by atoms with Crippen molar-refractivity contribution in [3.05, 3.63) is 11.4 Å². The second-order valence-corrected chi connectivity index (χ2v) is 3.89. The van der Waals surface area contributed by atoms with Crippen molar-refractivity contribution in [2.24, 2.45) is 4.99 Å². The van der Waals surface area contributed by atoms with E-state index in [1.165, 1.54) is 11.8 Å². The summed E-state index contributed by atoms with van der Waals surface area (Å²) in [5.74, 6) is -0.574. The van der Waals surface area contributed by atoms with Crippen LogP contribution in [0.5, 0.6) is 0 Å². The van der Waals surface area contributed by atoms with Crippen LogP contribution in [0.15, 0.2) is 16.4 Å². The minimum atomic E-state index is -0.727. The second kappa shape index (κ2) is 4.41. The largest absolute Gasteiger partial charge is 0.299 e. The molecular weight excluding hydrogens is 191 g/mol. The zero-order chi connectivity index (χ0) is 9.84. The topological polar surface area (TPSA) is 41.5 Å². The van der Waals surface area contributed by atoms with Crippen LogP contribution in [0, 0.1) is 0 Å². The van der Waals surface area contributed by atoms with Gasteiger partial charge in [-0.15, -0.1) is 0 Å². The number of hydrogen-bond donors (Lipinski definition) is 1. The van der Waals surface area contributed by atoms with Gasteiger partial charge in [-0.05, 0) is 19.4 Å². The van der Waals surface area contributed by atoms with Crippen molar-refractivity contribution in [3.8, 4) is 0 Å². The molecule has 0 spiro atoms. The van der Waals surface area contributed by atoms with Gasteiger partial charge in [0.05, 0.1) is 6.54 Å². The van der Waals surface area contributed by atoms with E-state index in [0.717, 1.165) is 5.75 Å². The average Bonchev–Trinajstić information content (AvgIpc) is 2.55. The fraction of sp³-hybridized carbons (Fsp3) is 0.500. The summed E-state index contributed by atoms with van der Waals surface area (Å²) >= 11 is 1.43. The summed E-state index contributed by atoms with van der Waals surface area (Å²) in [5, 5.41) is 2.92. The summed E-state index contributed by atoms with van der Waals surface area (Å²) in [7, 11) is 0. The van der Waals surface area contributed by atoms with Crippen molar-refractivity contribution in [1.82, 2.24) is 5.32 Å². The first kappa shape index (κ1) is 10.2. The predicted octanol–water partition coefficient (Wildman–Crippen LogP) is 1.47. The molecule has 1 aliphatic rings. The molecule has 0 saturated carbocycles. The highest BCUT2D eigenvalue weighted by molar-refractivity contribution is 8.14. The number of carbonyl (C=O) groups excluding carboxylic acids is 1. The Morgan fingerprint density at radius 3 is 2.77 bits per heavy atom. The van der Waals surface area contributed by atoms with Crippen molar-refractivity contribution in [1.29, 1.82) is 0 Å². The number of allylic oxidation sites excluding steroid dienone is 1. The van der Waals surface area contributed by atoms with Gasteiger partial charge in [0.2, 0.25) is 0 Å². The lowest BCUT2D eigenvalue weighted by Gasteiger charge is -2.02. The van der Waals surface area contributed by atoms with Crippen molar-refractivity contribution < 1.29 is 9.18 Å². The maximum Gasteiger partial charge on any atom is 0.285 e. The highest BCUT2D eigenvalue weighted by Gasteiger charge is 2.15. The van der Waals surface area contributed by atoms with Gasteiger partial charge in [-0.3, -0.25) is 15.1 Å². The van der Waals surface area contributed by atoms with Crippen LogP contribution in [0.4, 0.5) is 4.39 Å². The number of thioether (sulfide) groups is 1. The fourth-order valence-electron chi connectivity index (χ4n) is 0.790. The maximum absolute atomic E-state index is 13.0. The molecule has 13 heavy (non-hydrogen) atoms. The molecule has 1 N–H and O–H groups in total. The molecule has 0 aromatic carbocycles. The molecule has 5 heteroatoms. The van der Waals surface area contributed by atoms with Crippen LogP contribution in [0.1, 0.15) is 13.8 Å². The molecular formula is C8H11FN2OS. The summed E-state index contributed by atoms with van der Waals surface area (Å²) in [6.07, 6.45) is 0. The van der Waals surface area contributed by atoms with E-state index < -0.39 is 11.7 Å². The van der Waals surface area contributed by atoms with Crippen LogP contribution in [0.2, 0.25) is 0 Å². The van der Waals surface area contributed by atoms with Gasteiger partial charge >= 0.3 is 0 Å². The molecule has 1 heterocycles. The average molecular weight is 202 g/mol. The van der Waals surface area contributed by atoms with E-state index in [1.54, 1.807) is 13.8 Å². The first-order valence-electron chi connectivity index (χ1n) is 3.93. The molecule has 0 bridgehead atoms. The van der Waals surface area contributed by atoms with Crippen molar-refractivity contribution in [2.75, 3.05) is 12.3 Å². The highest BCUT2D eigenvalue weighted by atomic mass is 32.2. The summed E-state index contributed by atoms with van der Waals surface area (Å²) in [6.45, 7) is 3.80. The summed E-state index contributed by atoms with van der Waals surface area (Å²) in [5.41, 5.74) is 0.376. The molecule has 0 saturated heterocycles. The summed E-state index contributed by atoms with van der Waals surface area (Å²) in [4.78, 5) is 15.1. The first-order valence-corrected chi connectivity index (χ1v) is 4.91. The summed E-state index contributed by atoms with van der Waals surface area (Å²) < 4.78 is 13.0. The third-order valence-electron chi connectivity index (χ3n) is 1.44. The number of rotatable bonds is 1. The van der Waals surface area contributed by atoms with Gasteiger partial charge in [0.1, 0.15) is 0 Å². The van der Waals surface area contributed by atoms with Gasteiger partial charge in [0.25, 0.3) is 5.91 Å². The van der Waals surface area contributed by atoms with Crippen LogP contribution in [0.3, 0.4) is 0 Å². The quantitative estimate of drug-likeness (QED) is 0.654. The Balaban J connectivity index is 2.55. The summed E-state index contributed by atoms with van der Waals surface area (Å²) in [6, 6.07) is 0. The molecule has 1 aliphatic heterocycles. The molecule has 1 amide bonds. The number of nitrogens with one attached hydrogen (secondary N) is 1. The molecule has 72 valence electrons. The van der Waals surface area contributed by atoms with Gasteiger partial charge in [0, 0.05) is 5.75 Å². The van der Waals surface area contributed by atoms with Gasteiger partial charge in [-0.1, -0.05) is 11.8 Å². The number of halogens is 1. The molecule has 1 rings (SSSR count). The number of amidine groups is 1. The Bertz CT molecular complexity index is 282. The van der Waals surface area contributed by atoms with E-state index in [0.29, 0.717) is 17.3 Å². The molecule has 3 nitrogen and oxygen atoms in total. The van der Waals surface area contributed by atoms with E-state index in [1.807, 2.05) is 0 Å². The molecule has 0 aromatic heterocycles.